The van der Waals surface area contributed by atoms with Crippen molar-refractivity contribution in [3.8, 4) is 11.5 Å². The molecule has 25 heavy (non-hydrogen) atoms. The van der Waals surface area contributed by atoms with Crippen molar-refractivity contribution in [3.63, 3.8) is 0 Å². The summed E-state index contributed by atoms with van der Waals surface area (Å²) >= 11 is 0. The summed E-state index contributed by atoms with van der Waals surface area (Å²) in [6.07, 6.45) is 0. The minimum absolute atomic E-state index is 0.197. The van der Waals surface area contributed by atoms with Gasteiger partial charge in [0, 0.05) is 0 Å². The van der Waals surface area contributed by atoms with E-state index in [1.165, 1.54) is 0 Å². The number of hydrogen-bond donors (Lipinski definition) is 1. The Morgan fingerprint density at radius 2 is 1.96 bits per heavy atom. The Bertz CT molecular complexity index is 810. The van der Waals surface area contributed by atoms with Gasteiger partial charge in [-0.15, -0.1) is 0 Å². The molecule has 7 nitrogen and oxygen atoms in total. The number of aryl methyl sites for hydroxylation is 2. The number of furan rings is 1. The topological polar surface area (TPSA) is 87.0 Å². The highest BCUT2D eigenvalue weighted by Gasteiger charge is 2.19. The SMILES string of the molecule is Cc1cc(C(=O)OCC(=O)N[C@@H](C)c2ccc3c(c2)OCO3)c(C)o1. The lowest BCUT2D eigenvalue weighted by Gasteiger charge is -2.14. The number of carbonyl (C=O) groups is 2. The Kier molecular flexibility index (Phi) is 4.65. The molecule has 1 aromatic carbocycles. The van der Waals surface area contributed by atoms with Gasteiger partial charge in [0.25, 0.3) is 5.91 Å². The molecule has 1 atom stereocenters. The van der Waals surface area contributed by atoms with E-state index in [1.54, 1.807) is 26.0 Å². The zero-order valence-electron chi connectivity index (χ0n) is 14.3. The van der Waals surface area contributed by atoms with E-state index >= 15 is 0 Å². The summed E-state index contributed by atoms with van der Waals surface area (Å²) in [5.74, 6) is 1.44. The van der Waals surface area contributed by atoms with E-state index in [-0.39, 0.29) is 19.4 Å². The Morgan fingerprint density at radius 3 is 2.68 bits per heavy atom. The van der Waals surface area contributed by atoms with E-state index in [4.69, 9.17) is 18.6 Å². The first-order chi connectivity index (χ1) is 11.9. The molecular weight excluding hydrogens is 326 g/mol. The van der Waals surface area contributed by atoms with Crippen molar-refractivity contribution >= 4 is 11.9 Å². The molecule has 1 amide bonds. The van der Waals surface area contributed by atoms with Crippen molar-refractivity contribution in [2.75, 3.05) is 13.4 Å². The van der Waals surface area contributed by atoms with Crippen molar-refractivity contribution in [2.24, 2.45) is 0 Å². The van der Waals surface area contributed by atoms with Gasteiger partial charge in [-0.3, -0.25) is 4.79 Å². The monoisotopic (exact) mass is 345 g/mol. The van der Waals surface area contributed by atoms with Crippen molar-refractivity contribution in [3.05, 3.63) is 46.9 Å². The molecular formula is C18H19NO6. The molecule has 1 N–H and O–H groups in total. The van der Waals surface area contributed by atoms with Crippen LogP contribution in [0.4, 0.5) is 0 Å². The third-order valence-electron chi connectivity index (χ3n) is 3.87. The average molecular weight is 345 g/mol. The number of nitrogens with one attached hydrogen (secondary N) is 1. The highest BCUT2D eigenvalue weighted by atomic mass is 16.7. The normalized spacial score (nSPS) is 13.4. The van der Waals surface area contributed by atoms with Crippen LogP contribution in [0.25, 0.3) is 0 Å². The fourth-order valence-corrected chi connectivity index (χ4v) is 2.59. The first-order valence-corrected chi connectivity index (χ1v) is 7.87. The summed E-state index contributed by atoms with van der Waals surface area (Å²) in [5.41, 5.74) is 1.19. The van der Waals surface area contributed by atoms with Crippen LogP contribution < -0.4 is 14.8 Å². The van der Waals surface area contributed by atoms with Gasteiger partial charge in [-0.1, -0.05) is 6.07 Å². The number of ether oxygens (including phenoxy) is 3. The summed E-state index contributed by atoms with van der Waals surface area (Å²) in [6.45, 7) is 5.08. The predicted molar refractivity (Wildman–Crippen MR) is 87.6 cm³/mol. The van der Waals surface area contributed by atoms with Crippen LogP contribution in [0, 0.1) is 13.8 Å². The summed E-state index contributed by atoms with van der Waals surface area (Å²) in [6, 6.07) is 6.78. The van der Waals surface area contributed by atoms with Crippen LogP contribution in [0.3, 0.4) is 0 Å². The Balaban J connectivity index is 1.53. The van der Waals surface area contributed by atoms with Crippen LogP contribution >= 0.6 is 0 Å². The lowest BCUT2D eigenvalue weighted by Crippen LogP contribution is -2.31. The molecule has 0 fully saturated rings. The molecule has 7 heteroatoms. The second-order valence-corrected chi connectivity index (χ2v) is 5.80. The zero-order valence-corrected chi connectivity index (χ0v) is 14.3. The van der Waals surface area contributed by atoms with Crippen molar-refractivity contribution in [1.82, 2.24) is 5.32 Å². The average Bonchev–Trinajstić information content (AvgIpc) is 3.17. The maximum Gasteiger partial charge on any atom is 0.342 e. The van der Waals surface area contributed by atoms with Crippen LogP contribution in [0.1, 0.15) is 40.4 Å². The smallest absolute Gasteiger partial charge is 0.342 e. The van der Waals surface area contributed by atoms with Crippen molar-refractivity contribution in [1.29, 1.82) is 0 Å². The third-order valence-corrected chi connectivity index (χ3v) is 3.87. The fraction of sp³-hybridized carbons (Fsp3) is 0.333. The molecule has 2 heterocycles. The van der Waals surface area contributed by atoms with E-state index in [2.05, 4.69) is 5.32 Å². The Morgan fingerprint density at radius 1 is 1.20 bits per heavy atom. The number of fused-ring (bicyclic) bond motifs is 1. The molecule has 3 rings (SSSR count). The standard InChI is InChI=1S/C18H19NO6/c1-10-6-14(12(3)25-10)18(21)22-8-17(20)19-11(2)13-4-5-15-16(7-13)24-9-23-15/h4-7,11H,8-9H2,1-3H3,(H,19,20)/t11-/m0/s1. The van der Waals surface area contributed by atoms with Gasteiger partial charge < -0.3 is 23.9 Å². The number of benzene rings is 1. The lowest BCUT2D eigenvalue weighted by atomic mass is 10.1. The molecule has 0 saturated carbocycles. The number of carbonyl (C=O) groups excluding carboxylic acids is 2. The van der Waals surface area contributed by atoms with Crippen LogP contribution in [0.15, 0.2) is 28.7 Å². The second kappa shape index (κ2) is 6.88. The third kappa shape index (κ3) is 3.76. The molecule has 1 aromatic heterocycles. The summed E-state index contributed by atoms with van der Waals surface area (Å²) in [4.78, 5) is 24.0. The first kappa shape index (κ1) is 16.9. The zero-order chi connectivity index (χ0) is 18.0. The van der Waals surface area contributed by atoms with Crippen LogP contribution in [0.2, 0.25) is 0 Å². The maximum atomic E-state index is 12.0. The second-order valence-electron chi connectivity index (χ2n) is 5.80. The number of hydrogen-bond acceptors (Lipinski definition) is 6. The van der Waals surface area contributed by atoms with Gasteiger partial charge in [0.2, 0.25) is 6.79 Å². The summed E-state index contributed by atoms with van der Waals surface area (Å²) in [7, 11) is 0. The number of rotatable bonds is 5. The van der Waals surface area contributed by atoms with E-state index < -0.39 is 11.9 Å². The molecule has 0 spiro atoms. The van der Waals surface area contributed by atoms with Gasteiger partial charge in [-0.05, 0) is 44.5 Å². The van der Waals surface area contributed by atoms with E-state index in [1.807, 2.05) is 19.1 Å². The highest BCUT2D eigenvalue weighted by molar-refractivity contribution is 5.92. The van der Waals surface area contributed by atoms with Gasteiger partial charge >= 0.3 is 5.97 Å². The predicted octanol–water partition coefficient (Wildman–Crippen LogP) is 2.66. The number of esters is 1. The van der Waals surface area contributed by atoms with Gasteiger partial charge in [-0.25, -0.2) is 4.79 Å². The van der Waals surface area contributed by atoms with Crippen LogP contribution in [-0.2, 0) is 9.53 Å². The van der Waals surface area contributed by atoms with E-state index in [0.717, 1.165) is 5.56 Å². The fourth-order valence-electron chi connectivity index (χ4n) is 2.59. The van der Waals surface area contributed by atoms with Gasteiger partial charge in [0.15, 0.2) is 18.1 Å². The largest absolute Gasteiger partial charge is 0.466 e. The Hall–Kier alpha value is -2.96. The first-order valence-electron chi connectivity index (χ1n) is 7.87. The van der Waals surface area contributed by atoms with Crippen LogP contribution in [-0.4, -0.2) is 25.3 Å². The molecule has 132 valence electrons. The lowest BCUT2D eigenvalue weighted by molar-refractivity contribution is -0.124. The van der Waals surface area contributed by atoms with Gasteiger partial charge in [-0.2, -0.15) is 0 Å². The maximum absolute atomic E-state index is 12.0. The van der Waals surface area contributed by atoms with Gasteiger partial charge in [0.1, 0.15) is 17.1 Å². The quantitative estimate of drug-likeness (QED) is 0.839. The van der Waals surface area contributed by atoms with E-state index in [0.29, 0.717) is 28.6 Å². The molecule has 1 aliphatic rings. The molecule has 0 saturated heterocycles. The minimum atomic E-state index is -0.583. The highest BCUT2D eigenvalue weighted by Crippen LogP contribution is 2.34. The molecule has 2 aromatic rings. The number of amides is 1. The molecule has 0 radical (unpaired) electrons. The summed E-state index contributed by atoms with van der Waals surface area (Å²) < 4.78 is 20.9. The van der Waals surface area contributed by atoms with Crippen molar-refractivity contribution < 1.29 is 28.2 Å². The molecule has 0 bridgehead atoms. The van der Waals surface area contributed by atoms with Crippen molar-refractivity contribution in [2.45, 2.75) is 26.8 Å². The summed E-state index contributed by atoms with van der Waals surface area (Å²) in [5, 5.41) is 2.78. The van der Waals surface area contributed by atoms with Crippen LogP contribution in [0.5, 0.6) is 11.5 Å². The molecule has 0 aliphatic carbocycles. The minimum Gasteiger partial charge on any atom is -0.466 e. The van der Waals surface area contributed by atoms with Gasteiger partial charge in [0.05, 0.1) is 6.04 Å². The molecule has 0 unspecified atom stereocenters. The molecule has 1 aliphatic heterocycles. The Labute approximate surface area is 144 Å². The van der Waals surface area contributed by atoms with E-state index in [9.17, 15) is 9.59 Å².